The highest BCUT2D eigenvalue weighted by Gasteiger charge is 2.31. The van der Waals surface area contributed by atoms with Crippen molar-refractivity contribution >= 4 is 23.5 Å². The first-order valence-corrected chi connectivity index (χ1v) is 12.4. The van der Waals surface area contributed by atoms with Gasteiger partial charge in [0, 0.05) is 49.8 Å². The van der Waals surface area contributed by atoms with Crippen LogP contribution in [0, 0.1) is 27.3 Å². The second-order valence-electron chi connectivity index (χ2n) is 9.07. The summed E-state index contributed by atoms with van der Waals surface area (Å²) < 4.78 is 20.9. The quantitative estimate of drug-likeness (QED) is 0.242. The molecule has 0 aliphatic carbocycles. The van der Waals surface area contributed by atoms with E-state index in [-0.39, 0.29) is 42.9 Å². The number of hydrogen-bond acceptors (Lipinski definition) is 8. The Morgan fingerprint density at radius 1 is 1.25 bits per heavy atom. The predicted octanol–water partition coefficient (Wildman–Crippen LogP) is 2.29. The topological polar surface area (TPSA) is 160 Å². The molecule has 13 heteroatoms. The number of hydrogen-bond donors (Lipinski definition) is 1. The summed E-state index contributed by atoms with van der Waals surface area (Å²) in [6.07, 6.45) is 2.08. The molecule has 0 radical (unpaired) electrons. The van der Waals surface area contributed by atoms with Crippen LogP contribution in [-0.4, -0.2) is 56.6 Å². The summed E-state index contributed by atoms with van der Waals surface area (Å²) in [5, 5.41) is 27.0. The van der Waals surface area contributed by atoms with E-state index >= 15 is 0 Å². The highest BCUT2D eigenvalue weighted by Crippen LogP contribution is 2.21. The number of halogens is 1. The summed E-state index contributed by atoms with van der Waals surface area (Å²) in [5.41, 5.74) is 1.61. The number of nitriles is 1. The van der Waals surface area contributed by atoms with Crippen molar-refractivity contribution in [3.8, 4) is 6.07 Å². The van der Waals surface area contributed by atoms with Gasteiger partial charge in [-0.15, -0.1) is 0 Å². The number of nitro benzene ring substituents is 1. The summed E-state index contributed by atoms with van der Waals surface area (Å²) >= 11 is 0. The molecule has 1 aliphatic rings. The molecule has 0 saturated heterocycles. The minimum Gasteiger partial charge on any atom is -0.465 e. The Hall–Kier alpha value is -5.12. The number of ether oxygens (including phenoxy) is 1. The van der Waals surface area contributed by atoms with Crippen LogP contribution in [0.15, 0.2) is 48.7 Å². The van der Waals surface area contributed by atoms with Crippen molar-refractivity contribution in [1.82, 2.24) is 20.0 Å². The van der Waals surface area contributed by atoms with Crippen LogP contribution in [0.25, 0.3) is 0 Å². The maximum atomic E-state index is 14.5. The first kappa shape index (κ1) is 27.9. The number of esters is 1. The molecule has 1 aromatic heterocycles. The van der Waals surface area contributed by atoms with Crippen molar-refractivity contribution in [2.75, 3.05) is 13.2 Å². The van der Waals surface area contributed by atoms with Crippen LogP contribution in [0.1, 0.15) is 39.7 Å². The van der Waals surface area contributed by atoms with Gasteiger partial charge in [-0.2, -0.15) is 10.4 Å². The van der Waals surface area contributed by atoms with Crippen molar-refractivity contribution in [2.24, 2.45) is 0 Å². The van der Waals surface area contributed by atoms with Crippen LogP contribution >= 0.6 is 0 Å². The zero-order chi connectivity index (χ0) is 28.8. The number of nitro groups is 1. The fourth-order valence-corrected chi connectivity index (χ4v) is 4.39. The molecule has 2 heterocycles. The van der Waals surface area contributed by atoms with Gasteiger partial charge >= 0.3 is 5.97 Å². The molecule has 3 aromatic rings. The van der Waals surface area contributed by atoms with E-state index < -0.39 is 34.6 Å². The number of carbonyl (C=O) groups excluding carboxylic acids is 3. The van der Waals surface area contributed by atoms with Gasteiger partial charge in [0.15, 0.2) is 0 Å². The lowest BCUT2D eigenvalue weighted by Crippen LogP contribution is -2.51. The number of aromatic nitrogens is 2. The Labute approximate surface area is 228 Å². The fourth-order valence-electron chi connectivity index (χ4n) is 4.39. The maximum Gasteiger partial charge on any atom is 0.327 e. The molecule has 1 aliphatic heterocycles. The van der Waals surface area contributed by atoms with Gasteiger partial charge in [-0.25, -0.2) is 4.39 Å². The normalized spacial score (nSPS) is 13.1. The van der Waals surface area contributed by atoms with E-state index in [0.717, 1.165) is 17.3 Å². The zero-order valence-electron chi connectivity index (χ0n) is 21.5. The number of rotatable bonds is 9. The molecule has 0 bridgehead atoms. The standard InChI is InChI=1S/C27H25FN6O6/c1-2-40-25(35)16-33-15-19-14-32(10-9-23(19)31-33)27(37)24(12-17-3-6-20(7-4-17)34(38)39)30-26(36)21-8-5-18(13-29)11-22(21)28/h3-8,11,15,24H,2,9-10,12,14,16H2,1H3,(H,30,36)/t24-/m0/s1. The van der Waals surface area contributed by atoms with Crippen molar-refractivity contribution < 1.29 is 28.4 Å². The largest absolute Gasteiger partial charge is 0.465 e. The van der Waals surface area contributed by atoms with Gasteiger partial charge < -0.3 is 15.0 Å². The molecule has 2 aromatic carbocycles. The third-order valence-corrected chi connectivity index (χ3v) is 6.35. The highest BCUT2D eigenvalue weighted by atomic mass is 19.1. The minimum atomic E-state index is -1.12. The van der Waals surface area contributed by atoms with Gasteiger partial charge in [-0.1, -0.05) is 12.1 Å². The molecule has 4 rings (SSSR count). The molecule has 0 unspecified atom stereocenters. The van der Waals surface area contributed by atoms with E-state index in [1.54, 1.807) is 19.2 Å². The van der Waals surface area contributed by atoms with E-state index in [1.165, 1.54) is 46.0 Å². The lowest BCUT2D eigenvalue weighted by atomic mass is 10.0. The number of benzene rings is 2. The Morgan fingerprint density at radius 3 is 2.65 bits per heavy atom. The molecular formula is C27H25FN6O6. The van der Waals surface area contributed by atoms with Crippen LogP contribution in [0.3, 0.4) is 0 Å². The van der Waals surface area contributed by atoms with E-state index in [9.17, 15) is 28.9 Å². The maximum absolute atomic E-state index is 14.5. The Kier molecular flexibility index (Phi) is 8.48. The van der Waals surface area contributed by atoms with Crippen LogP contribution < -0.4 is 5.32 Å². The summed E-state index contributed by atoms with van der Waals surface area (Å²) in [5.74, 6) is -2.63. The summed E-state index contributed by atoms with van der Waals surface area (Å²) in [4.78, 5) is 50.5. The van der Waals surface area contributed by atoms with E-state index in [2.05, 4.69) is 10.4 Å². The smallest absolute Gasteiger partial charge is 0.327 e. The van der Waals surface area contributed by atoms with Gasteiger partial charge in [0.25, 0.3) is 11.6 Å². The molecule has 206 valence electrons. The lowest BCUT2D eigenvalue weighted by molar-refractivity contribution is -0.384. The molecule has 12 nitrogen and oxygen atoms in total. The van der Waals surface area contributed by atoms with Gasteiger partial charge in [0.05, 0.1) is 34.4 Å². The molecule has 2 amide bonds. The van der Waals surface area contributed by atoms with E-state index in [0.29, 0.717) is 18.5 Å². The van der Waals surface area contributed by atoms with Crippen LogP contribution in [0.4, 0.5) is 10.1 Å². The summed E-state index contributed by atoms with van der Waals surface area (Å²) in [7, 11) is 0. The zero-order valence-corrected chi connectivity index (χ0v) is 21.5. The van der Waals surface area contributed by atoms with Crippen molar-refractivity contribution in [3.05, 3.63) is 92.5 Å². The van der Waals surface area contributed by atoms with Gasteiger partial charge in [0.2, 0.25) is 5.91 Å². The number of amides is 2. The SMILES string of the molecule is CCOC(=O)Cn1cc2c(n1)CCN(C(=O)[C@H](Cc1ccc([N+](=O)[O-])cc1)NC(=O)c1ccc(C#N)cc1F)C2. The van der Waals surface area contributed by atoms with Gasteiger partial charge in [-0.05, 0) is 30.7 Å². The summed E-state index contributed by atoms with van der Waals surface area (Å²) in [6.45, 7) is 2.35. The lowest BCUT2D eigenvalue weighted by Gasteiger charge is -2.30. The Morgan fingerprint density at radius 2 is 2.00 bits per heavy atom. The van der Waals surface area contributed by atoms with Gasteiger partial charge in [0.1, 0.15) is 18.4 Å². The van der Waals surface area contributed by atoms with Crippen molar-refractivity contribution in [2.45, 2.75) is 38.9 Å². The average Bonchev–Trinajstić information content (AvgIpc) is 3.33. The molecule has 0 fully saturated rings. The van der Waals surface area contributed by atoms with E-state index in [1.807, 2.05) is 0 Å². The molecule has 40 heavy (non-hydrogen) atoms. The number of carbonyl (C=O) groups is 3. The predicted molar refractivity (Wildman–Crippen MR) is 137 cm³/mol. The van der Waals surface area contributed by atoms with E-state index in [4.69, 9.17) is 10.00 Å². The second-order valence-corrected chi connectivity index (χ2v) is 9.07. The first-order valence-electron chi connectivity index (χ1n) is 12.4. The van der Waals surface area contributed by atoms with Crippen LogP contribution in [0.2, 0.25) is 0 Å². The highest BCUT2D eigenvalue weighted by molar-refractivity contribution is 5.98. The molecular weight excluding hydrogens is 523 g/mol. The molecule has 1 atom stereocenters. The Balaban J connectivity index is 1.55. The monoisotopic (exact) mass is 548 g/mol. The number of fused-ring (bicyclic) bond motifs is 1. The fraction of sp³-hybridized carbons (Fsp3) is 0.296. The number of nitrogens with one attached hydrogen (secondary N) is 1. The van der Waals surface area contributed by atoms with Crippen molar-refractivity contribution in [1.29, 1.82) is 5.26 Å². The number of non-ortho nitro benzene ring substituents is 1. The van der Waals surface area contributed by atoms with Crippen molar-refractivity contribution in [3.63, 3.8) is 0 Å². The third-order valence-electron chi connectivity index (χ3n) is 6.35. The average molecular weight is 549 g/mol. The molecule has 0 saturated carbocycles. The third kappa shape index (κ3) is 6.47. The molecule has 1 N–H and O–H groups in total. The minimum absolute atomic E-state index is 0.00799. The van der Waals surface area contributed by atoms with Gasteiger partial charge in [-0.3, -0.25) is 29.2 Å². The summed E-state index contributed by atoms with van der Waals surface area (Å²) in [6, 6.07) is 9.63. The van der Waals surface area contributed by atoms with Crippen LogP contribution in [-0.2, 0) is 40.3 Å². The first-order chi connectivity index (χ1) is 19.2. The second kappa shape index (κ2) is 12.2. The molecule has 0 spiro atoms. The Bertz CT molecular complexity index is 1500. The van der Waals surface area contributed by atoms with Crippen LogP contribution in [0.5, 0.6) is 0 Å². The number of nitrogens with zero attached hydrogens (tertiary/aromatic N) is 5.